The van der Waals surface area contributed by atoms with Gasteiger partial charge in [-0.3, -0.25) is 10.2 Å². The Morgan fingerprint density at radius 1 is 1.42 bits per heavy atom. The highest BCUT2D eigenvalue weighted by Crippen LogP contribution is 2.25. The molecule has 0 amide bonds. The number of hydrogen-bond donors (Lipinski definition) is 3. The SMILES string of the molecule is COc1ccc(/C(C)=N\NC(=S)NC2CCCC2)cc1CSCC(=O)O. The van der Waals surface area contributed by atoms with Crippen molar-refractivity contribution in [2.75, 3.05) is 12.9 Å². The molecule has 0 aromatic heterocycles. The van der Waals surface area contributed by atoms with Gasteiger partial charge in [-0.2, -0.15) is 5.10 Å². The molecule has 3 N–H and O–H groups in total. The van der Waals surface area contributed by atoms with Crippen molar-refractivity contribution in [3.05, 3.63) is 29.3 Å². The highest BCUT2D eigenvalue weighted by molar-refractivity contribution is 7.99. The highest BCUT2D eigenvalue weighted by Gasteiger charge is 2.15. The molecule has 2 rings (SSSR count). The van der Waals surface area contributed by atoms with Crippen LogP contribution in [0.4, 0.5) is 0 Å². The Morgan fingerprint density at radius 3 is 2.81 bits per heavy atom. The van der Waals surface area contributed by atoms with Crippen LogP contribution in [0.5, 0.6) is 5.75 Å². The maximum absolute atomic E-state index is 10.7. The molecular weight excluding hydrogens is 370 g/mol. The van der Waals surface area contributed by atoms with Gasteiger partial charge in [0.2, 0.25) is 0 Å². The average Bonchev–Trinajstić information content (AvgIpc) is 3.12. The van der Waals surface area contributed by atoms with Crippen molar-refractivity contribution >= 4 is 40.8 Å². The lowest BCUT2D eigenvalue weighted by Crippen LogP contribution is -2.38. The Labute approximate surface area is 163 Å². The van der Waals surface area contributed by atoms with Gasteiger partial charge in [-0.25, -0.2) is 0 Å². The fourth-order valence-corrected chi connectivity index (χ4v) is 3.79. The maximum Gasteiger partial charge on any atom is 0.313 e. The predicted molar refractivity (Wildman–Crippen MR) is 110 cm³/mol. The largest absolute Gasteiger partial charge is 0.496 e. The number of aliphatic carboxylic acids is 1. The lowest BCUT2D eigenvalue weighted by Gasteiger charge is -2.14. The summed E-state index contributed by atoms with van der Waals surface area (Å²) in [6.45, 7) is 1.90. The summed E-state index contributed by atoms with van der Waals surface area (Å²) in [5.41, 5.74) is 5.59. The van der Waals surface area contributed by atoms with Crippen LogP contribution in [-0.4, -0.2) is 40.8 Å². The molecule has 0 saturated heterocycles. The number of rotatable bonds is 8. The van der Waals surface area contributed by atoms with E-state index in [2.05, 4.69) is 15.8 Å². The van der Waals surface area contributed by atoms with Crippen LogP contribution in [0.15, 0.2) is 23.3 Å². The van der Waals surface area contributed by atoms with Crippen LogP contribution < -0.4 is 15.5 Å². The van der Waals surface area contributed by atoms with E-state index >= 15 is 0 Å². The molecule has 1 aliphatic rings. The Balaban J connectivity index is 1.98. The molecule has 6 nitrogen and oxygen atoms in total. The van der Waals surface area contributed by atoms with Crippen molar-refractivity contribution in [2.24, 2.45) is 5.10 Å². The molecule has 0 aliphatic heterocycles. The van der Waals surface area contributed by atoms with Crippen LogP contribution in [0.1, 0.15) is 43.7 Å². The molecule has 1 aromatic rings. The van der Waals surface area contributed by atoms with Gasteiger partial charge in [0.15, 0.2) is 5.11 Å². The second-order valence-corrected chi connectivity index (χ2v) is 7.57. The number of hydrogen-bond acceptors (Lipinski definition) is 5. The van der Waals surface area contributed by atoms with Gasteiger partial charge in [-0.1, -0.05) is 12.8 Å². The van der Waals surface area contributed by atoms with Crippen molar-refractivity contribution in [2.45, 2.75) is 44.4 Å². The van der Waals surface area contributed by atoms with Crippen LogP contribution in [-0.2, 0) is 10.5 Å². The van der Waals surface area contributed by atoms with Gasteiger partial charge in [0.25, 0.3) is 0 Å². The van der Waals surface area contributed by atoms with E-state index in [-0.39, 0.29) is 5.75 Å². The number of benzene rings is 1. The summed E-state index contributed by atoms with van der Waals surface area (Å²) < 4.78 is 5.36. The van der Waals surface area contributed by atoms with E-state index in [0.717, 1.165) is 35.4 Å². The quantitative estimate of drug-likeness (QED) is 0.354. The van der Waals surface area contributed by atoms with Crippen LogP contribution in [0.2, 0.25) is 0 Å². The van der Waals surface area contributed by atoms with Crippen LogP contribution in [0, 0.1) is 0 Å². The van der Waals surface area contributed by atoms with E-state index in [0.29, 0.717) is 16.9 Å². The minimum absolute atomic E-state index is 0.0586. The Kier molecular flexibility index (Phi) is 8.18. The molecule has 1 aliphatic carbocycles. The zero-order chi connectivity index (χ0) is 18.9. The smallest absolute Gasteiger partial charge is 0.313 e. The average molecular weight is 396 g/mol. The molecule has 0 bridgehead atoms. The third-order valence-corrected chi connectivity index (χ3v) is 5.37. The molecule has 0 radical (unpaired) electrons. The summed E-state index contributed by atoms with van der Waals surface area (Å²) in [5, 5.41) is 17.0. The molecule has 1 saturated carbocycles. The minimum Gasteiger partial charge on any atom is -0.496 e. The fraction of sp³-hybridized carbons (Fsp3) is 0.500. The number of thiocarbonyl (C=S) groups is 1. The molecule has 0 spiro atoms. The number of nitrogens with zero attached hydrogens (tertiary/aromatic N) is 1. The van der Waals surface area contributed by atoms with E-state index in [1.54, 1.807) is 7.11 Å². The normalized spacial score (nSPS) is 14.9. The van der Waals surface area contributed by atoms with Crippen molar-refractivity contribution in [1.29, 1.82) is 0 Å². The van der Waals surface area contributed by atoms with E-state index in [1.807, 2.05) is 25.1 Å². The predicted octanol–water partition coefficient (Wildman–Crippen LogP) is 3.14. The van der Waals surface area contributed by atoms with Crippen LogP contribution in [0.25, 0.3) is 0 Å². The molecule has 0 heterocycles. The second kappa shape index (κ2) is 10.4. The van der Waals surface area contributed by atoms with Gasteiger partial charge in [0.1, 0.15) is 5.75 Å². The first-order chi connectivity index (χ1) is 12.5. The number of nitrogens with one attached hydrogen (secondary N) is 2. The van der Waals surface area contributed by atoms with E-state index < -0.39 is 5.97 Å². The number of carboxylic acids is 1. The molecule has 8 heteroatoms. The second-order valence-electron chi connectivity index (χ2n) is 6.18. The molecule has 26 heavy (non-hydrogen) atoms. The summed E-state index contributed by atoms with van der Waals surface area (Å²) in [4.78, 5) is 10.7. The Bertz CT molecular complexity index is 674. The minimum atomic E-state index is -0.824. The third kappa shape index (κ3) is 6.49. The standard InChI is InChI=1S/C18H25N3O3S2/c1-12(20-21-18(25)19-15-5-3-4-6-15)13-7-8-16(24-2)14(9-13)10-26-11-17(22)23/h7-9,15H,3-6,10-11H2,1-2H3,(H,22,23)(H2,19,21,25)/b20-12-. The topological polar surface area (TPSA) is 83.0 Å². The lowest BCUT2D eigenvalue weighted by molar-refractivity contribution is -0.133. The van der Waals surface area contributed by atoms with Crippen molar-refractivity contribution in [3.63, 3.8) is 0 Å². The summed E-state index contributed by atoms with van der Waals surface area (Å²) >= 11 is 6.63. The zero-order valence-electron chi connectivity index (χ0n) is 15.1. The molecule has 1 fully saturated rings. The van der Waals surface area contributed by atoms with E-state index in [4.69, 9.17) is 22.1 Å². The lowest BCUT2D eigenvalue weighted by atomic mass is 10.1. The Morgan fingerprint density at radius 2 is 2.15 bits per heavy atom. The summed E-state index contributed by atoms with van der Waals surface area (Å²) in [6, 6.07) is 6.23. The number of carboxylic acid groups (broad SMARTS) is 1. The van der Waals surface area contributed by atoms with Gasteiger partial charge >= 0.3 is 5.97 Å². The van der Waals surface area contributed by atoms with E-state index in [1.165, 1.54) is 24.6 Å². The zero-order valence-corrected chi connectivity index (χ0v) is 16.7. The third-order valence-electron chi connectivity index (χ3n) is 4.20. The molecule has 1 aromatic carbocycles. The van der Waals surface area contributed by atoms with Gasteiger partial charge in [0.05, 0.1) is 18.6 Å². The monoisotopic (exact) mass is 395 g/mol. The van der Waals surface area contributed by atoms with E-state index in [9.17, 15) is 4.79 Å². The van der Waals surface area contributed by atoms with Gasteiger partial charge in [-0.15, -0.1) is 11.8 Å². The molecule has 0 unspecified atom stereocenters. The van der Waals surface area contributed by atoms with Crippen LogP contribution in [0.3, 0.4) is 0 Å². The summed E-state index contributed by atoms with van der Waals surface area (Å²) in [6.07, 6.45) is 4.80. The van der Waals surface area contributed by atoms with Gasteiger partial charge < -0.3 is 15.2 Å². The van der Waals surface area contributed by atoms with Crippen molar-refractivity contribution < 1.29 is 14.6 Å². The van der Waals surface area contributed by atoms with Crippen LogP contribution >= 0.6 is 24.0 Å². The molecular formula is C18H25N3O3S2. The highest BCUT2D eigenvalue weighted by atomic mass is 32.2. The number of ether oxygens (including phenoxy) is 1. The number of hydrazone groups is 1. The number of carbonyl (C=O) groups is 1. The summed E-state index contributed by atoms with van der Waals surface area (Å²) in [7, 11) is 1.61. The van der Waals surface area contributed by atoms with Gasteiger partial charge in [0, 0.05) is 17.4 Å². The van der Waals surface area contributed by atoms with Crippen molar-refractivity contribution in [1.82, 2.24) is 10.7 Å². The first kappa shape index (κ1) is 20.5. The molecule has 0 atom stereocenters. The first-order valence-electron chi connectivity index (χ1n) is 8.57. The maximum atomic E-state index is 10.7. The molecule has 142 valence electrons. The Hall–Kier alpha value is -1.80. The first-order valence-corrected chi connectivity index (χ1v) is 10.1. The van der Waals surface area contributed by atoms with Gasteiger partial charge in [-0.05, 0) is 55.7 Å². The number of thioether (sulfide) groups is 1. The number of methoxy groups -OCH3 is 1. The fourth-order valence-electron chi connectivity index (χ4n) is 2.85. The van der Waals surface area contributed by atoms with Crippen molar-refractivity contribution in [3.8, 4) is 5.75 Å². The summed E-state index contributed by atoms with van der Waals surface area (Å²) in [5.74, 6) is 0.538.